The maximum absolute atomic E-state index is 12.4. The van der Waals surface area contributed by atoms with Crippen molar-refractivity contribution < 1.29 is 4.79 Å². The molecule has 102 valence electrons. The molecule has 0 spiro atoms. The van der Waals surface area contributed by atoms with Crippen LogP contribution in [0.5, 0.6) is 0 Å². The Balaban J connectivity index is 1.73. The van der Waals surface area contributed by atoms with Gasteiger partial charge in [0.1, 0.15) is 0 Å². The molecule has 1 heterocycles. The van der Waals surface area contributed by atoms with E-state index in [0.717, 1.165) is 17.4 Å². The van der Waals surface area contributed by atoms with Crippen LogP contribution < -0.4 is 10.6 Å². The molecule has 0 bridgehead atoms. The predicted molar refractivity (Wildman–Crippen MR) is 80.4 cm³/mol. The van der Waals surface area contributed by atoms with Crippen molar-refractivity contribution in [3.05, 3.63) is 27.7 Å². The molecule has 19 heavy (non-hydrogen) atoms. The van der Waals surface area contributed by atoms with E-state index < -0.39 is 0 Å². The van der Waals surface area contributed by atoms with E-state index in [1.54, 1.807) is 6.07 Å². The predicted octanol–water partition coefficient (Wildman–Crippen LogP) is 3.43. The number of hydrogen-bond acceptors (Lipinski definition) is 2. The van der Waals surface area contributed by atoms with E-state index in [1.165, 1.54) is 12.8 Å². The molecule has 0 radical (unpaired) electrons. The molecule has 1 aliphatic carbocycles. The van der Waals surface area contributed by atoms with Gasteiger partial charge in [0.2, 0.25) is 5.91 Å². The third-order valence-electron chi connectivity index (χ3n) is 4.21. The van der Waals surface area contributed by atoms with E-state index in [-0.39, 0.29) is 11.9 Å². The largest absolute Gasteiger partial charge is 0.323 e. The van der Waals surface area contributed by atoms with Crippen LogP contribution in [-0.2, 0) is 4.79 Å². The van der Waals surface area contributed by atoms with Crippen LogP contribution in [0, 0.1) is 11.8 Å². The van der Waals surface area contributed by atoms with Crippen LogP contribution in [0.25, 0.3) is 0 Å². The molecule has 1 amide bonds. The van der Waals surface area contributed by atoms with Crippen LogP contribution in [0.1, 0.15) is 19.3 Å². The highest BCUT2D eigenvalue weighted by Gasteiger charge is 2.42. The molecule has 2 N–H and O–H groups in total. The van der Waals surface area contributed by atoms with E-state index in [0.29, 0.717) is 22.5 Å². The van der Waals surface area contributed by atoms with Gasteiger partial charge in [0, 0.05) is 4.47 Å². The standard InChI is InChI=1S/C14H16BrClN2O/c15-9-4-5-11(16)12(6-9)18-14(19)13-10-3-1-2-8(10)7-17-13/h4-6,8,10,13,17H,1-3,7H2,(H,18,19). The van der Waals surface area contributed by atoms with Crippen molar-refractivity contribution in [3.63, 3.8) is 0 Å². The summed E-state index contributed by atoms with van der Waals surface area (Å²) in [4.78, 5) is 12.4. The second-order valence-electron chi connectivity index (χ2n) is 5.35. The molecule has 5 heteroatoms. The maximum atomic E-state index is 12.4. The minimum absolute atomic E-state index is 0.0365. The Kier molecular flexibility index (Phi) is 3.83. The number of hydrogen-bond donors (Lipinski definition) is 2. The number of halogens is 2. The fourth-order valence-corrected chi connectivity index (χ4v) is 3.80. The van der Waals surface area contributed by atoms with Gasteiger partial charge in [-0.05, 0) is 49.4 Å². The van der Waals surface area contributed by atoms with Crippen molar-refractivity contribution in [1.29, 1.82) is 0 Å². The fourth-order valence-electron chi connectivity index (χ4n) is 3.28. The van der Waals surface area contributed by atoms with E-state index in [4.69, 9.17) is 11.6 Å². The summed E-state index contributed by atoms with van der Waals surface area (Å²) in [5.41, 5.74) is 0.671. The van der Waals surface area contributed by atoms with Gasteiger partial charge in [0.15, 0.2) is 0 Å². The lowest BCUT2D eigenvalue weighted by Gasteiger charge is -2.18. The average Bonchev–Trinajstić information content (AvgIpc) is 2.95. The normalized spacial score (nSPS) is 29.3. The second kappa shape index (κ2) is 5.43. The lowest BCUT2D eigenvalue weighted by atomic mass is 9.93. The summed E-state index contributed by atoms with van der Waals surface area (Å²) in [7, 11) is 0. The number of amides is 1. The molecule has 3 rings (SSSR count). The summed E-state index contributed by atoms with van der Waals surface area (Å²) in [6.07, 6.45) is 3.65. The van der Waals surface area contributed by atoms with Crippen molar-refractivity contribution in [2.75, 3.05) is 11.9 Å². The highest BCUT2D eigenvalue weighted by molar-refractivity contribution is 9.10. The fraction of sp³-hybridized carbons (Fsp3) is 0.500. The lowest BCUT2D eigenvalue weighted by molar-refractivity contribution is -0.118. The van der Waals surface area contributed by atoms with Crippen molar-refractivity contribution >= 4 is 39.1 Å². The minimum Gasteiger partial charge on any atom is -0.323 e. The van der Waals surface area contributed by atoms with Gasteiger partial charge in [-0.3, -0.25) is 4.79 Å². The highest BCUT2D eigenvalue weighted by Crippen LogP contribution is 2.38. The van der Waals surface area contributed by atoms with Crippen LogP contribution in [0.15, 0.2) is 22.7 Å². The monoisotopic (exact) mass is 342 g/mol. The summed E-state index contributed by atoms with van der Waals surface area (Å²) < 4.78 is 0.908. The van der Waals surface area contributed by atoms with Crippen molar-refractivity contribution in [1.82, 2.24) is 5.32 Å². The number of anilines is 1. The Hall–Kier alpha value is -0.580. The summed E-state index contributed by atoms with van der Waals surface area (Å²) in [5, 5.41) is 6.86. The van der Waals surface area contributed by atoms with Gasteiger partial charge < -0.3 is 10.6 Å². The molecule has 3 atom stereocenters. The number of carbonyl (C=O) groups is 1. The van der Waals surface area contributed by atoms with Gasteiger partial charge >= 0.3 is 0 Å². The van der Waals surface area contributed by atoms with Crippen LogP contribution in [-0.4, -0.2) is 18.5 Å². The van der Waals surface area contributed by atoms with Gasteiger partial charge in [-0.2, -0.15) is 0 Å². The van der Waals surface area contributed by atoms with E-state index in [2.05, 4.69) is 26.6 Å². The van der Waals surface area contributed by atoms with Gasteiger partial charge in [-0.25, -0.2) is 0 Å². The molecular weight excluding hydrogens is 328 g/mol. The Morgan fingerprint density at radius 2 is 2.26 bits per heavy atom. The first-order chi connectivity index (χ1) is 9.15. The maximum Gasteiger partial charge on any atom is 0.241 e. The average molecular weight is 344 g/mol. The molecule has 0 aromatic heterocycles. The number of nitrogens with one attached hydrogen (secondary N) is 2. The number of carbonyl (C=O) groups excluding carboxylic acids is 1. The summed E-state index contributed by atoms with van der Waals surface area (Å²) in [5.74, 6) is 1.20. The molecule has 1 aromatic rings. The molecular formula is C14H16BrClN2O. The van der Waals surface area contributed by atoms with Crippen molar-refractivity contribution in [2.45, 2.75) is 25.3 Å². The van der Waals surface area contributed by atoms with E-state index >= 15 is 0 Å². The Labute approximate surface area is 126 Å². The van der Waals surface area contributed by atoms with E-state index in [1.807, 2.05) is 12.1 Å². The van der Waals surface area contributed by atoms with Crippen LogP contribution >= 0.6 is 27.5 Å². The molecule has 1 saturated heterocycles. The van der Waals surface area contributed by atoms with E-state index in [9.17, 15) is 4.79 Å². The summed E-state index contributed by atoms with van der Waals surface area (Å²) in [6.45, 7) is 0.967. The van der Waals surface area contributed by atoms with Gasteiger partial charge in [-0.1, -0.05) is 34.0 Å². The highest BCUT2D eigenvalue weighted by atomic mass is 79.9. The first-order valence-corrected chi connectivity index (χ1v) is 7.81. The topological polar surface area (TPSA) is 41.1 Å². The quantitative estimate of drug-likeness (QED) is 0.864. The molecule has 1 saturated carbocycles. The SMILES string of the molecule is O=C(Nc1cc(Br)ccc1Cl)C1NCC2CCCC21. The zero-order valence-electron chi connectivity index (χ0n) is 10.5. The first-order valence-electron chi connectivity index (χ1n) is 6.64. The van der Waals surface area contributed by atoms with Crippen molar-refractivity contribution in [2.24, 2.45) is 11.8 Å². The minimum atomic E-state index is -0.0671. The molecule has 3 unspecified atom stereocenters. The van der Waals surface area contributed by atoms with Gasteiger partial charge in [0.25, 0.3) is 0 Å². The van der Waals surface area contributed by atoms with Gasteiger partial charge in [0.05, 0.1) is 16.8 Å². The Morgan fingerprint density at radius 1 is 1.42 bits per heavy atom. The summed E-state index contributed by atoms with van der Waals surface area (Å²) in [6, 6.07) is 5.41. The Bertz CT molecular complexity index is 508. The van der Waals surface area contributed by atoms with Crippen LogP contribution in [0.3, 0.4) is 0 Å². The van der Waals surface area contributed by atoms with Crippen molar-refractivity contribution in [3.8, 4) is 0 Å². The Morgan fingerprint density at radius 3 is 3.11 bits per heavy atom. The third kappa shape index (κ3) is 2.67. The molecule has 2 fully saturated rings. The molecule has 1 aromatic carbocycles. The van der Waals surface area contributed by atoms with Gasteiger partial charge in [-0.15, -0.1) is 0 Å². The molecule has 1 aliphatic heterocycles. The number of fused-ring (bicyclic) bond motifs is 1. The number of benzene rings is 1. The second-order valence-corrected chi connectivity index (χ2v) is 6.68. The molecule has 3 nitrogen and oxygen atoms in total. The van der Waals surface area contributed by atoms with Crippen LogP contribution in [0.4, 0.5) is 5.69 Å². The smallest absolute Gasteiger partial charge is 0.241 e. The van der Waals surface area contributed by atoms with Crippen LogP contribution in [0.2, 0.25) is 5.02 Å². The number of rotatable bonds is 2. The zero-order chi connectivity index (χ0) is 13.4. The zero-order valence-corrected chi connectivity index (χ0v) is 12.8. The summed E-state index contributed by atoms with van der Waals surface area (Å²) >= 11 is 9.49. The lowest BCUT2D eigenvalue weighted by Crippen LogP contribution is -2.39. The molecule has 2 aliphatic rings. The third-order valence-corrected chi connectivity index (χ3v) is 5.04. The first kappa shape index (κ1) is 13.4.